The average Bonchev–Trinajstić information content (AvgIpc) is 2.87. The van der Waals surface area contributed by atoms with Crippen LogP contribution in [0.3, 0.4) is 0 Å². The third-order valence-electron chi connectivity index (χ3n) is 5.73. The van der Waals surface area contributed by atoms with Crippen molar-refractivity contribution in [3.05, 3.63) is 107 Å². The fourth-order valence-corrected chi connectivity index (χ4v) is 3.91. The predicted molar refractivity (Wildman–Crippen MR) is 124 cm³/mol. The number of ether oxygens (including phenoxy) is 1. The molecule has 3 aromatic carbocycles. The van der Waals surface area contributed by atoms with Crippen LogP contribution in [-0.4, -0.2) is 41.9 Å². The number of fused-ring (bicyclic) bond motifs is 1. The van der Waals surface area contributed by atoms with Crippen molar-refractivity contribution in [2.45, 2.75) is 25.4 Å². The van der Waals surface area contributed by atoms with Crippen LogP contribution >= 0.6 is 0 Å². The van der Waals surface area contributed by atoms with Gasteiger partial charge in [0.15, 0.2) is 6.61 Å². The second-order valence-electron chi connectivity index (χ2n) is 8.02. The summed E-state index contributed by atoms with van der Waals surface area (Å²) in [5, 5.41) is 2.76. The first kappa shape index (κ1) is 22.3. The average molecular weight is 443 g/mol. The van der Waals surface area contributed by atoms with Crippen LogP contribution in [0.15, 0.2) is 84.9 Å². The van der Waals surface area contributed by atoms with Gasteiger partial charge in [-0.3, -0.25) is 9.59 Å². The lowest BCUT2D eigenvalue weighted by Gasteiger charge is -2.29. The van der Waals surface area contributed by atoms with Crippen molar-refractivity contribution in [3.8, 4) is 0 Å². The number of esters is 1. The molecule has 0 fully saturated rings. The highest BCUT2D eigenvalue weighted by atomic mass is 16.5. The van der Waals surface area contributed by atoms with Gasteiger partial charge in [0.2, 0.25) is 0 Å². The molecule has 1 heterocycles. The second-order valence-corrected chi connectivity index (χ2v) is 8.02. The van der Waals surface area contributed by atoms with Crippen LogP contribution in [0.2, 0.25) is 0 Å². The number of nitrogens with one attached hydrogen (secondary N) is 1. The van der Waals surface area contributed by atoms with Gasteiger partial charge in [0.25, 0.3) is 11.8 Å². The Hall–Kier alpha value is -3.93. The Morgan fingerprint density at radius 3 is 2.21 bits per heavy atom. The van der Waals surface area contributed by atoms with E-state index in [1.165, 1.54) is 5.56 Å². The van der Waals surface area contributed by atoms with Gasteiger partial charge in [-0.1, -0.05) is 72.8 Å². The first-order valence-corrected chi connectivity index (χ1v) is 11.0. The number of benzene rings is 3. The molecule has 0 saturated heterocycles. The largest absolute Gasteiger partial charge is 0.454 e. The topological polar surface area (TPSA) is 75.7 Å². The second kappa shape index (κ2) is 10.6. The van der Waals surface area contributed by atoms with Gasteiger partial charge in [0.05, 0.1) is 0 Å². The normalized spacial score (nSPS) is 13.5. The zero-order chi connectivity index (χ0) is 23.0. The SMILES string of the molecule is O=C(N[C@H](Cc1ccccc1)C(=O)OCC(=O)N1CCc2ccccc2C1)c1ccccc1. The number of carbonyl (C=O) groups excluding carboxylic acids is 3. The summed E-state index contributed by atoms with van der Waals surface area (Å²) in [4.78, 5) is 39.9. The highest BCUT2D eigenvalue weighted by Crippen LogP contribution is 2.18. The summed E-state index contributed by atoms with van der Waals surface area (Å²) in [7, 11) is 0. The van der Waals surface area contributed by atoms with Gasteiger partial charge in [-0.15, -0.1) is 0 Å². The van der Waals surface area contributed by atoms with Gasteiger partial charge in [-0.05, 0) is 35.2 Å². The van der Waals surface area contributed by atoms with Crippen LogP contribution in [0.5, 0.6) is 0 Å². The Balaban J connectivity index is 1.39. The van der Waals surface area contributed by atoms with Crippen LogP contribution in [0.1, 0.15) is 27.0 Å². The number of amides is 2. The van der Waals surface area contributed by atoms with Gasteiger partial charge in [0, 0.05) is 25.1 Å². The van der Waals surface area contributed by atoms with Crippen molar-refractivity contribution in [1.29, 1.82) is 0 Å². The smallest absolute Gasteiger partial charge is 0.329 e. The van der Waals surface area contributed by atoms with Gasteiger partial charge < -0.3 is 15.0 Å². The highest BCUT2D eigenvalue weighted by Gasteiger charge is 2.26. The zero-order valence-corrected chi connectivity index (χ0v) is 18.3. The summed E-state index contributed by atoms with van der Waals surface area (Å²) in [6.07, 6.45) is 1.04. The van der Waals surface area contributed by atoms with Crippen LogP contribution in [0, 0.1) is 0 Å². The molecule has 4 rings (SSSR count). The van der Waals surface area contributed by atoms with Gasteiger partial charge >= 0.3 is 5.97 Å². The maximum Gasteiger partial charge on any atom is 0.329 e. The summed E-state index contributed by atoms with van der Waals surface area (Å²) in [6, 6.07) is 25.2. The lowest BCUT2D eigenvalue weighted by atomic mass is 10.00. The van der Waals surface area contributed by atoms with E-state index >= 15 is 0 Å². The third-order valence-corrected chi connectivity index (χ3v) is 5.73. The molecule has 1 N–H and O–H groups in total. The number of nitrogens with zero attached hydrogens (tertiary/aromatic N) is 1. The molecule has 1 aliphatic heterocycles. The molecule has 0 saturated carbocycles. The van der Waals surface area contributed by atoms with E-state index in [0.29, 0.717) is 18.7 Å². The maximum absolute atomic E-state index is 12.9. The van der Waals surface area contributed by atoms with Gasteiger partial charge in [-0.25, -0.2) is 4.79 Å². The molecular formula is C27H26N2O4. The summed E-state index contributed by atoms with van der Waals surface area (Å²) in [6.45, 7) is 0.740. The molecule has 6 nitrogen and oxygen atoms in total. The number of carbonyl (C=O) groups is 3. The lowest BCUT2D eigenvalue weighted by molar-refractivity contribution is -0.154. The molecule has 33 heavy (non-hydrogen) atoms. The number of hydrogen-bond donors (Lipinski definition) is 1. The first-order valence-electron chi connectivity index (χ1n) is 11.0. The molecule has 2 amide bonds. The van der Waals surface area contributed by atoms with Crippen LogP contribution in [0.25, 0.3) is 0 Å². The fraction of sp³-hybridized carbons (Fsp3) is 0.222. The van der Waals surface area contributed by atoms with Crippen molar-refractivity contribution in [2.75, 3.05) is 13.2 Å². The minimum Gasteiger partial charge on any atom is -0.454 e. The Morgan fingerprint density at radius 2 is 1.48 bits per heavy atom. The van der Waals surface area contributed by atoms with E-state index in [0.717, 1.165) is 17.5 Å². The highest BCUT2D eigenvalue weighted by molar-refractivity contribution is 5.97. The molecule has 1 atom stereocenters. The van der Waals surface area contributed by atoms with E-state index in [1.807, 2.05) is 54.6 Å². The molecule has 0 radical (unpaired) electrons. The Kier molecular flexibility index (Phi) is 7.15. The molecule has 0 aromatic heterocycles. The molecular weight excluding hydrogens is 416 g/mol. The van der Waals surface area contributed by atoms with Crippen LogP contribution in [-0.2, 0) is 33.7 Å². The van der Waals surface area contributed by atoms with E-state index in [-0.39, 0.29) is 24.8 Å². The van der Waals surface area contributed by atoms with E-state index in [2.05, 4.69) is 11.4 Å². The van der Waals surface area contributed by atoms with Crippen LogP contribution in [0.4, 0.5) is 0 Å². The van der Waals surface area contributed by atoms with E-state index in [9.17, 15) is 14.4 Å². The van der Waals surface area contributed by atoms with E-state index in [1.54, 1.807) is 29.2 Å². The molecule has 168 valence electrons. The van der Waals surface area contributed by atoms with Gasteiger partial charge in [-0.2, -0.15) is 0 Å². The fourth-order valence-electron chi connectivity index (χ4n) is 3.91. The summed E-state index contributed by atoms with van der Waals surface area (Å²) < 4.78 is 5.37. The quantitative estimate of drug-likeness (QED) is 0.571. The maximum atomic E-state index is 12.9. The van der Waals surface area contributed by atoms with Crippen molar-refractivity contribution >= 4 is 17.8 Å². The van der Waals surface area contributed by atoms with Crippen molar-refractivity contribution in [2.24, 2.45) is 0 Å². The molecule has 0 aliphatic carbocycles. The third kappa shape index (κ3) is 5.86. The minimum absolute atomic E-state index is 0.245. The molecule has 1 aliphatic rings. The Morgan fingerprint density at radius 1 is 0.848 bits per heavy atom. The first-order chi connectivity index (χ1) is 16.1. The standard InChI is InChI=1S/C27H26N2O4/c30-25(29-16-15-21-11-7-8-14-23(21)18-29)19-33-27(32)24(17-20-9-3-1-4-10-20)28-26(31)22-12-5-2-6-13-22/h1-14,24H,15-19H2,(H,28,31)/t24-/m1/s1. The molecule has 0 bridgehead atoms. The van der Waals surface area contributed by atoms with Gasteiger partial charge in [0.1, 0.15) is 6.04 Å². The zero-order valence-electron chi connectivity index (χ0n) is 18.3. The number of rotatable bonds is 7. The van der Waals surface area contributed by atoms with E-state index in [4.69, 9.17) is 4.74 Å². The predicted octanol–water partition coefficient (Wildman–Crippen LogP) is 3.16. The summed E-state index contributed by atoms with van der Waals surface area (Å²) in [5.41, 5.74) is 3.68. The Labute approximate surface area is 193 Å². The minimum atomic E-state index is -0.907. The molecule has 0 spiro atoms. The van der Waals surface area contributed by atoms with Crippen molar-refractivity contribution in [3.63, 3.8) is 0 Å². The Bertz CT molecular complexity index is 1120. The summed E-state index contributed by atoms with van der Waals surface area (Å²) in [5.74, 6) is -1.24. The van der Waals surface area contributed by atoms with Crippen LogP contribution < -0.4 is 5.32 Å². The lowest BCUT2D eigenvalue weighted by Crippen LogP contribution is -2.45. The molecule has 6 heteroatoms. The summed E-state index contributed by atoms with van der Waals surface area (Å²) >= 11 is 0. The molecule has 3 aromatic rings. The molecule has 0 unspecified atom stereocenters. The monoisotopic (exact) mass is 442 g/mol. The van der Waals surface area contributed by atoms with Crippen molar-refractivity contribution in [1.82, 2.24) is 10.2 Å². The van der Waals surface area contributed by atoms with Crippen molar-refractivity contribution < 1.29 is 19.1 Å². The number of hydrogen-bond acceptors (Lipinski definition) is 4. The van der Waals surface area contributed by atoms with E-state index < -0.39 is 12.0 Å².